The zero-order chi connectivity index (χ0) is 13.4. The molecule has 3 nitrogen and oxygen atoms in total. The van der Waals surface area contributed by atoms with E-state index in [-0.39, 0.29) is 0 Å². The van der Waals surface area contributed by atoms with Crippen molar-refractivity contribution in [3.05, 3.63) is 52.8 Å². The Hall–Kier alpha value is -1.71. The minimum absolute atomic E-state index is 0.474. The van der Waals surface area contributed by atoms with Crippen molar-refractivity contribution in [1.29, 1.82) is 0 Å². The Morgan fingerprint density at radius 3 is 2.79 bits per heavy atom. The molecule has 0 fully saturated rings. The van der Waals surface area contributed by atoms with Crippen molar-refractivity contribution in [3.8, 4) is 17.0 Å². The molecule has 0 aliphatic carbocycles. The highest BCUT2D eigenvalue weighted by molar-refractivity contribution is 6.36. The highest BCUT2D eigenvalue weighted by Crippen LogP contribution is 2.38. The number of benzene rings is 1. The van der Waals surface area contributed by atoms with Crippen LogP contribution >= 0.6 is 23.2 Å². The summed E-state index contributed by atoms with van der Waals surface area (Å²) < 4.78 is 7.28. The first-order valence-corrected chi connectivity index (χ1v) is 6.42. The third kappa shape index (κ3) is 2.15. The fourth-order valence-corrected chi connectivity index (χ4v) is 2.59. The molecule has 3 rings (SSSR count). The number of hydrogen-bond acceptors (Lipinski definition) is 2. The zero-order valence-electron chi connectivity index (χ0n) is 10.1. The predicted molar refractivity (Wildman–Crippen MR) is 77.2 cm³/mol. The molecule has 0 N–H and O–H groups in total. The lowest BCUT2D eigenvalue weighted by Crippen LogP contribution is -1.89. The molecule has 0 unspecified atom stereocenters. The molecule has 0 saturated carbocycles. The van der Waals surface area contributed by atoms with Crippen LogP contribution in [0.25, 0.3) is 16.9 Å². The van der Waals surface area contributed by atoms with E-state index < -0.39 is 0 Å². The Bertz CT molecular complexity index is 719. The lowest BCUT2D eigenvalue weighted by molar-refractivity contribution is 0.416. The van der Waals surface area contributed by atoms with E-state index in [1.165, 1.54) is 0 Å². The summed E-state index contributed by atoms with van der Waals surface area (Å²) in [6.45, 7) is 0. The normalized spacial score (nSPS) is 10.9. The number of hydrogen-bond donors (Lipinski definition) is 0. The minimum atomic E-state index is 0.474. The fraction of sp³-hybridized carbons (Fsp3) is 0.0714. The van der Waals surface area contributed by atoms with Gasteiger partial charge in [0.05, 0.1) is 17.8 Å². The average molecular weight is 293 g/mol. The molecule has 3 aromatic rings. The topological polar surface area (TPSA) is 26.5 Å². The first-order valence-electron chi connectivity index (χ1n) is 5.66. The highest BCUT2D eigenvalue weighted by Gasteiger charge is 2.14. The quantitative estimate of drug-likeness (QED) is 0.703. The lowest BCUT2D eigenvalue weighted by atomic mass is 10.1. The SMILES string of the molecule is COc1c(Cl)cc(Cl)cc1-c1cn2ccccc2n1. The number of ether oxygens (including phenoxy) is 1. The fourth-order valence-electron chi connectivity index (χ4n) is 2.02. The second-order valence-corrected chi connectivity index (χ2v) is 4.90. The Morgan fingerprint density at radius 1 is 1.21 bits per heavy atom. The predicted octanol–water partition coefficient (Wildman–Crippen LogP) is 4.32. The molecule has 0 atom stereocenters. The van der Waals surface area contributed by atoms with Crippen LogP contribution in [0.5, 0.6) is 5.75 Å². The number of aromatic nitrogens is 2. The van der Waals surface area contributed by atoms with Gasteiger partial charge in [0.25, 0.3) is 0 Å². The van der Waals surface area contributed by atoms with Crippen LogP contribution in [-0.4, -0.2) is 16.5 Å². The molecule has 0 aliphatic heterocycles. The summed E-state index contributed by atoms with van der Waals surface area (Å²) in [5.41, 5.74) is 2.41. The van der Waals surface area contributed by atoms with Gasteiger partial charge in [-0.15, -0.1) is 0 Å². The van der Waals surface area contributed by atoms with Gasteiger partial charge in [-0.1, -0.05) is 29.3 Å². The molecule has 1 aromatic carbocycles. The van der Waals surface area contributed by atoms with Gasteiger partial charge in [0.15, 0.2) is 0 Å². The largest absolute Gasteiger partial charge is 0.494 e. The van der Waals surface area contributed by atoms with Crippen LogP contribution in [0.2, 0.25) is 10.0 Å². The van der Waals surface area contributed by atoms with Crippen molar-refractivity contribution < 1.29 is 4.74 Å². The second-order valence-electron chi connectivity index (χ2n) is 4.06. The van der Waals surface area contributed by atoms with Crippen molar-refractivity contribution >= 4 is 28.8 Å². The number of nitrogens with zero attached hydrogens (tertiary/aromatic N) is 2. The molecular formula is C14H10Cl2N2O. The molecule has 96 valence electrons. The molecule has 0 amide bonds. The van der Waals surface area contributed by atoms with Crippen molar-refractivity contribution in [1.82, 2.24) is 9.38 Å². The third-order valence-corrected chi connectivity index (χ3v) is 3.35. The van der Waals surface area contributed by atoms with Gasteiger partial charge in [-0.25, -0.2) is 4.98 Å². The standard InChI is InChI=1S/C14H10Cl2N2O/c1-19-14-10(6-9(15)7-11(14)16)12-8-18-5-3-2-4-13(18)17-12/h2-8H,1H3. The molecule has 5 heteroatoms. The number of methoxy groups -OCH3 is 1. The Labute approximate surface area is 120 Å². The molecule has 2 heterocycles. The van der Waals surface area contributed by atoms with E-state index >= 15 is 0 Å². The first-order chi connectivity index (χ1) is 9.19. The summed E-state index contributed by atoms with van der Waals surface area (Å²) in [6.07, 6.45) is 3.85. The molecule has 0 saturated heterocycles. The minimum Gasteiger partial charge on any atom is -0.494 e. The van der Waals surface area contributed by atoms with Crippen LogP contribution in [-0.2, 0) is 0 Å². The van der Waals surface area contributed by atoms with E-state index in [1.807, 2.05) is 35.0 Å². The van der Waals surface area contributed by atoms with Gasteiger partial charge in [-0.05, 0) is 24.3 Å². The number of pyridine rings is 1. The van der Waals surface area contributed by atoms with Gasteiger partial charge < -0.3 is 9.14 Å². The van der Waals surface area contributed by atoms with Gasteiger partial charge >= 0.3 is 0 Å². The number of fused-ring (bicyclic) bond motifs is 1. The average Bonchev–Trinajstić information content (AvgIpc) is 2.81. The van der Waals surface area contributed by atoms with E-state index in [0.29, 0.717) is 15.8 Å². The first kappa shape index (κ1) is 12.3. The maximum absolute atomic E-state index is 6.14. The molecule has 2 aromatic heterocycles. The Balaban J connectivity index is 2.25. The van der Waals surface area contributed by atoms with E-state index in [2.05, 4.69) is 4.98 Å². The smallest absolute Gasteiger partial charge is 0.146 e. The second kappa shape index (κ2) is 4.76. The van der Waals surface area contributed by atoms with Crippen molar-refractivity contribution in [3.63, 3.8) is 0 Å². The molecular weight excluding hydrogens is 283 g/mol. The van der Waals surface area contributed by atoms with Crippen LogP contribution in [0.15, 0.2) is 42.7 Å². The summed E-state index contributed by atoms with van der Waals surface area (Å²) in [6, 6.07) is 9.27. The van der Waals surface area contributed by atoms with Crippen molar-refractivity contribution in [2.24, 2.45) is 0 Å². The summed E-state index contributed by atoms with van der Waals surface area (Å²) in [5.74, 6) is 0.578. The Morgan fingerprint density at radius 2 is 2.05 bits per heavy atom. The van der Waals surface area contributed by atoms with E-state index in [4.69, 9.17) is 27.9 Å². The lowest BCUT2D eigenvalue weighted by Gasteiger charge is -2.08. The third-order valence-electron chi connectivity index (χ3n) is 2.85. The van der Waals surface area contributed by atoms with Gasteiger partial charge in [0, 0.05) is 23.0 Å². The van der Waals surface area contributed by atoms with Gasteiger partial charge in [-0.2, -0.15) is 0 Å². The van der Waals surface area contributed by atoms with Crippen LogP contribution in [0.3, 0.4) is 0 Å². The number of imidazole rings is 1. The highest BCUT2D eigenvalue weighted by atomic mass is 35.5. The van der Waals surface area contributed by atoms with Crippen molar-refractivity contribution in [2.75, 3.05) is 7.11 Å². The van der Waals surface area contributed by atoms with E-state index in [0.717, 1.165) is 16.9 Å². The van der Waals surface area contributed by atoms with Crippen LogP contribution in [0, 0.1) is 0 Å². The van der Waals surface area contributed by atoms with E-state index in [9.17, 15) is 0 Å². The molecule has 0 bridgehead atoms. The summed E-state index contributed by atoms with van der Waals surface area (Å²) in [7, 11) is 1.58. The summed E-state index contributed by atoms with van der Waals surface area (Å²) in [5, 5.41) is 1.03. The van der Waals surface area contributed by atoms with E-state index in [1.54, 1.807) is 19.2 Å². The van der Waals surface area contributed by atoms with Crippen molar-refractivity contribution in [2.45, 2.75) is 0 Å². The number of halogens is 2. The van der Waals surface area contributed by atoms with Gasteiger partial charge in [0.1, 0.15) is 11.4 Å². The maximum Gasteiger partial charge on any atom is 0.146 e. The Kier molecular flexibility index (Phi) is 3.09. The molecule has 19 heavy (non-hydrogen) atoms. The monoisotopic (exact) mass is 292 g/mol. The van der Waals surface area contributed by atoms with Gasteiger partial charge in [-0.3, -0.25) is 0 Å². The molecule has 0 aliphatic rings. The maximum atomic E-state index is 6.14. The summed E-state index contributed by atoms with van der Waals surface area (Å²) in [4.78, 5) is 4.54. The molecule has 0 radical (unpaired) electrons. The molecule has 0 spiro atoms. The van der Waals surface area contributed by atoms with Crippen LogP contribution < -0.4 is 4.74 Å². The van der Waals surface area contributed by atoms with Gasteiger partial charge in [0.2, 0.25) is 0 Å². The zero-order valence-corrected chi connectivity index (χ0v) is 11.6. The van der Waals surface area contributed by atoms with Crippen LogP contribution in [0.4, 0.5) is 0 Å². The summed E-state index contributed by atoms with van der Waals surface area (Å²) >= 11 is 12.2. The van der Waals surface area contributed by atoms with Crippen LogP contribution in [0.1, 0.15) is 0 Å². The number of rotatable bonds is 2.